The van der Waals surface area contributed by atoms with Gasteiger partial charge in [0.2, 0.25) is 0 Å². The molecule has 7 heteroatoms. The Kier molecular flexibility index (Phi) is 4.08. The van der Waals surface area contributed by atoms with E-state index in [1.807, 2.05) is 11.0 Å². The fraction of sp³-hybridized carbons (Fsp3) is 0.533. The Balaban J connectivity index is 1.88. The van der Waals surface area contributed by atoms with Crippen molar-refractivity contribution in [3.05, 3.63) is 33.9 Å². The Morgan fingerprint density at radius 2 is 2.27 bits per heavy atom. The van der Waals surface area contributed by atoms with Crippen LogP contribution in [0.1, 0.15) is 60.6 Å². The Morgan fingerprint density at radius 1 is 1.50 bits per heavy atom. The lowest BCUT2D eigenvalue weighted by molar-refractivity contribution is 0.0718. The molecule has 0 aromatic carbocycles. The van der Waals surface area contributed by atoms with Crippen LogP contribution in [0.4, 0.5) is 0 Å². The van der Waals surface area contributed by atoms with Crippen LogP contribution in [0.25, 0.3) is 0 Å². The summed E-state index contributed by atoms with van der Waals surface area (Å²) in [5, 5.41) is 8.30. The molecule has 1 unspecified atom stereocenters. The van der Waals surface area contributed by atoms with Crippen LogP contribution >= 0.6 is 15.9 Å². The maximum absolute atomic E-state index is 12.9. The number of carbonyl (C=O) groups excluding carboxylic acids is 1. The number of likely N-dealkylation sites (tertiary alicyclic amines) is 1. The van der Waals surface area contributed by atoms with Crippen LogP contribution in [0.5, 0.6) is 0 Å². The molecule has 0 bridgehead atoms. The first kappa shape index (κ1) is 15.3. The molecule has 0 spiro atoms. The first-order valence-electron chi connectivity index (χ1n) is 7.44. The molecule has 1 aliphatic rings. The van der Waals surface area contributed by atoms with E-state index in [1.165, 1.54) is 0 Å². The first-order chi connectivity index (χ1) is 10.5. The van der Waals surface area contributed by atoms with Crippen LogP contribution in [-0.4, -0.2) is 32.3 Å². The molecule has 1 atom stereocenters. The summed E-state index contributed by atoms with van der Waals surface area (Å²) in [5.41, 5.74) is 1.41. The second kappa shape index (κ2) is 5.87. The maximum atomic E-state index is 12.9. The van der Waals surface area contributed by atoms with Crippen molar-refractivity contribution in [3.63, 3.8) is 0 Å². The zero-order chi connectivity index (χ0) is 15.9. The van der Waals surface area contributed by atoms with E-state index in [4.69, 9.17) is 4.52 Å². The number of nitrogens with zero attached hydrogens (tertiary/aromatic N) is 4. The third kappa shape index (κ3) is 2.58. The standard InChI is InChI=1S/C15H19BrN4O2/c1-9(2)13-7-11(18-22-13)12-5-4-6-20(12)15(21)14-10(16)8-17-19(14)3/h7-9,12H,4-6H2,1-3H3. The lowest BCUT2D eigenvalue weighted by atomic mass is 10.1. The number of rotatable bonds is 3. The highest BCUT2D eigenvalue weighted by atomic mass is 79.9. The van der Waals surface area contributed by atoms with Gasteiger partial charge in [-0.15, -0.1) is 0 Å². The molecule has 2 aromatic heterocycles. The van der Waals surface area contributed by atoms with Gasteiger partial charge in [0.05, 0.1) is 16.7 Å². The normalized spacial score (nSPS) is 18.4. The predicted molar refractivity (Wildman–Crippen MR) is 84.5 cm³/mol. The maximum Gasteiger partial charge on any atom is 0.273 e. The number of hydrogen-bond donors (Lipinski definition) is 0. The topological polar surface area (TPSA) is 64.2 Å². The smallest absolute Gasteiger partial charge is 0.273 e. The van der Waals surface area contributed by atoms with Crippen molar-refractivity contribution >= 4 is 21.8 Å². The van der Waals surface area contributed by atoms with E-state index in [1.54, 1.807) is 17.9 Å². The molecule has 6 nitrogen and oxygen atoms in total. The van der Waals surface area contributed by atoms with E-state index in [0.29, 0.717) is 10.2 Å². The van der Waals surface area contributed by atoms with Crippen molar-refractivity contribution in [2.24, 2.45) is 7.05 Å². The second-order valence-corrected chi connectivity index (χ2v) is 6.78. The molecule has 1 aliphatic heterocycles. The highest BCUT2D eigenvalue weighted by Gasteiger charge is 2.34. The Labute approximate surface area is 137 Å². The number of aryl methyl sites for hydroxylation is 1. The lowest BCUT2D eigenvalue weighted by Gasteiger charge is -2.23. The van der Waals surface area contributed by atoms with Crippen LogP contribution in [0.2, 0.25) is 0 Å². The predicted octanol–water partition coefficient (Wildman–Crippen LogP) is 3.27. The molecule has 1 amide bonds. The van der Waals surface area contributed by atoms with Gasteiger partial charge in [-0.25, -0.2) is 0 Å². The molecular formula is C15H19BrN4O2. The zero-order valence-electron chi connectivity index (χ0n) is 12.9. The van der Waals surface area contributed by atoms with E-state index < -0.39 is 0 Å². The molecule has 0 N–H and O–H groups in total. The highest BCUT2D eigenvalue weighted by Crippen LogP contribution is 2.34. The summed E-state index contributed by atoms with van der Waals surface area (Å²) in [4.78, 5) is 14.7. The minimum atomic E-state index is -0.0246. The average molecular weight is 367 g/mol. The molecule has 0 aliphatic carbocycles. The highest BCUT2D eigenvalue weighted by molar-refractivity contribution is 9.10. The van der Waals surface area contributed by atoms with Gasteiger partial charge >= 0.3 is 0 Å². The third-order valence-electron chi connectivity index (χ3n) is 4.07. The van der Waals surface area contributed by atoms with Crippen molar-refractivity contribution in [1.29, 1.82) is 0 Å². The van der Waals surface area contributed by atoms with E-state index >= 15 is 0 Å². The van der Waals surface area contributed by atoms with Gasteiger partial charge in [0.1, 0.15) is 17.1 Å². The molecule has 22 heavy (non-hydrogen) atoms. The Bertz CT molecular complexity index is 672. The molecule has 0 radical (unpaired) electrons. The number of amides is 1. The van der Waals surface area contributed by atoms with Crippen LogP contribution in [0, 0.1) is 0 Å². The minimum Gasteiger partial charge on any atom is -0.361 e. The third-order valence-corrected chi connectivity index (χ3v) is 4.65. The van der Waals surface area contributed by atoms with Gasteiger partial charge in [0.25, 0.3) is 5.91 Å². The largest absolute Gasteiger partial charge is 0.361 e. The van der Waals surface area contributed by atoms with Crippen molar-refractivity contribution in [2.45, 2.75) is 38.6 Å². The van der Waals surface area contributed by atoms with Crippen molar-refractivity contribution in [2.75, 3.05) is 6.54 Å². The van der Waals surface area contributed by atoms with Gasteiger partial charge in [-0.05, 0) is 28.8 Å². The van der Waals surface area contributed by atoms with E-state index in [0.717, 1.165) is 30.8 Å². The fourth-order valence-electron chi connectivity index (χ4n) is 2.84. The Hall–Kier alpha value is -1.63. The van der Waals surface area contributed by atoms with Gasteiger partial charge in [0.15, 0.2) is 0 Å². The molecule has 1 fully saturated rings. The lowest BCUT2D eigenvalue weighted by Crippen LogP contribution is -2.32. The summed E-state index contributed by atoms with van der Waals surface area (Å²) in [6, 6.07) is 1.95. The summed E-state index contributed by atoms with van der Waals surface area (Å²) < 4.78 is 7.71. The van der Waals surface area contributed by atoms with E-state index in [9.17, 15) is 4.79 Å². The summed E-state index contributed by atoms with van der Waals surface area (Å²) in [6.07, 6.45) is 3.52. The monoisotopic (exact) mass is 366 g/mol. The summed E-state index contributed by atoms with van der Waals surface area (Å²) in [5.74, 6) is 1.12. The minimum absolute atomic E-state index is 0.0226. The summed E-state index contributed by atoms with van der Waals surface area (Å²) in [6.45, 7) is 4.86. The van der Waals surface area contributed by atoms with Gasteiger partial charge in [-0.2, -0.15) is 5.10 Å². The van der Waals surface area contributed by atoms with Crippen molar-refractivity contribution < 1.29 is 9.32 Å². The van der Waals surface area contributed by atoms with Crippen molar-refractivity contribution in [3.8, 4) is 0 Å². The van der Waals surface area contributed by atoms with Crippen LogP contribution in [0.15, 0.2) is 21.3 Å². The Morgan fingerprint density at radius 3 is 2.86 bits per heavy atom. The van der Waals surface area contributed by atoms with Crippen LogP contribution in [0.3, 0.4) is 0 Å². The number of hydrogen-bond acceptors (Lipinski definition) is 4. The molecular weight excluding hydrogens is 348 g/mol. The molecule has 0 saturated carbocycles. The van der Waals surface area contributed by atoms with Gasteiger partial charge in [-0.1, -0.05) is 19.0 Å². The second-order valence-electron chi connectivity index (χ2n) is 5.93. The van der Waals surface area contributed by atoms with E-state index in [2.05, 4.69) is 40.0 Å². The zero-order valence-corrected chi connectivity index (χ0v) is 14.5. The molecule has 3 rings (SSSR count). The molecule has 3 heterocycles. The van der Waals surface area contributed by atoms with Gasteiger partial charge < -0.3 is 9.42 Å². The summed E-state index contributed by atoms with van der Waals surface area (Å²) >= 11 is 3.40. The SMILES string of the molecule is CC(C)c1cc(C2CCCN2C(=O)c2c(Br)cnn2C)no1. The number of carbonyl (C=O) groups is 1. The quantitative estimate of drug-likeness (QED) is 0.835. The van der Waals surface area contributed by atoms with Crippen LogP contribution in [-0.2, 0) is 7.05 Å². The number of halogens is 1. The van der Waals surface area contributed by atoms with E-state index in [-0.39, 0.29) is 17.9 Å². The number of aromatic nitrogens is 3. The molecule has 2 aromatic rings. The molecule has 118 valence electrons. The average Bonchev–Trinajstić information content (AvgIpc) is 3.17. The van der Waals surface area contributed by atoms with Crippen LogP contribution < -0.4 is 0 Å². The first-order valence-corrected chi connectivity index (χ1v) is 8.23. The molecule has 1 saturated heterocycles. The van der Waals surface area contributed by atoms with Gasteiger partial charge in [-0.3, -0.25) is 9.48 Å². The summed E-state index contributed by atoms with van der Waals surface area (Å²) in [7, 11) is 1.77. The fourth-order valence-corrected chi connectivity index (χ4v) is 3.36. The van der Waals surface area contributed by atoms with Crippen molar-refractivity contribution in [1.82, 2.24) is 19.8 Å². The van der Waals surface area contributed by atoms with Gasteiger partial charge in [0, 0.05) is 25.6 Å².